The predicted octanol–water partition coefficient (Wildman–Crippen LogP) is 2.29. The van der Waals surface area contributed by atoms with E-state index in [0.717, 1.165) is 16.9 Å². The standard InChI is InChI=1S/C18H20N2O5/c1-23-15-6-4-3-5-14(15)11-20-19-10-13-7-8-16(17(9-13)24-2)25-12-18(21)22/h3-10,20H,11-12H2,1-2H3,(H,21,22)/b19-10+. The summed E-state index contributed by atoms with van der Waals surface area (Å²) in [5.41, 5.74) is 4.74. The first-order valence-corrected chi connectivity index (χ1v) is 7.54. The summed E-state index contributed by atoms with van der Waals surface area (Å²) in [6.07, 6.45) is 1.64. The molecule has 25 heavy (non-hydrogen) atoms. The van der Waals surface area contributed by atoms with Gasteiger partial charge in [0.15, 0.2) is 18.1 Å². The summed E-state index contributed by atoms with van der Waals surface area (Å²) in [7, 11) is 3.12. The summed E-state index contributed by atoms with van der Waals surface area (Å²) in [6.45, 7) is 0.0989. The van der Waals surface area contributed by atoms with E-state index < -0.39 is 12.6 Å². The first-order valence-electron chi connectivity index (χ1n) is 7.54. The molecular weight excluding hydrogens is 324 g/mol. The largest absolute Gasteiger partial charge is 0.496 e. The topological polar surface area (TPSA) is 89.4 Å². The first kappa shape index (κ1) is 18.1. The molecule has 0 spiro atoms. The second-order valence-electron chi connectivity index (χ2n) is 5.00. The zero-order valence-electron chi connectivity index (χ0n) is 14.1. The van der Waals surface area contributed by atoms with Gasteiger partial charge in [-0.3, -0.25) is 0 Å². The SMILES string of the molecule is COc1ccccc1CN/N=C/c1ccc(OCC(=O)O)c(OC)c1. The molecule has 0 atom stereocenters. The number of carbonyl (C=O) groups is 1. The number of carboxylic acids is 1. The predicted molar refractivity (Wildman–Crippen MR) is 93.6 cm³/mol. The van der Waals surface area contributed by atoms with Crippen molar-refractivity contribution in [3.8, 4) is 17.2 Å². The van der Waals surface area contributed by atoms with Gasteiger partial charge in [0, 0.05) is 5.56 Å². The number of methoxy groups -OCH3 is 2. The number of hydrazone groups is 1. The second-order valence-corrected chi connectivity index (χ2v) is 5.00. The minimum Gasteiger partial charge on any atom is -0.496 e. The zero-order chi connectivity index (χ0) is 18.1. The fourth-order valence-corrected chi connectivity index (χ4v) is 2.12. The monoisotopic (exact) mass is 344 g/mol. The Bertz CT molecular complexity index is 746. The number of benzene rings is 2. The van der Waals surface area contributed by atoms with Crippen molar-refractivity contribution in [3.05, 3.63) is 53.6 Å². The fourth-order valence-electron chi connectivity index (χ4n) is 2.12. The van der Waals surface area contributed by atoms with Crippen molar-refractivity contribution < 1.29 is 24.1 Å². The van der Waals surface area contributed by atoms with Crippen molar-refractivity contribution in [2.45, 2.75) is 6.54 Å². The molecule has 0 unspecified atom stereocenters. The van der Waals surface area contributed by atoms with E-state index in [1.54, 1.807) is 31.5 Å². The Morgan fingerprint density at radius 1 is 1.12 bits per heavy atom. The minimum atomic E-state index is -1.05. The highest BCUT2D eigenvalue weighted by Crippen LogP contribution is 2.27. The normalized spacial score (nSPS) is 10.5. The number of nitrogens with zero attached hydrogens (tertiary/aromatic N) is 1. The van der Waals surface area contributed by atoms with E-state index in [1.807, 2.05) is 24.3 Å². The summed E-state index contributed by atoms with van der Waals surface area (Å²) in [5, 5.41) is 12.8. The van der Waals surface area contributed by atoms with Crippen molar-refractivity contribution >= 4 is 12.2 Å². The van der Waals surface area contributed by atoms with Crippen LogP contribution in [0.5, 0.6) is 17.2 Å². The molecule has 132 valence electrons. The highest BCUT2D eigenvalue weighted by Gasteiger charge is 2.07. The molecule has 0 aromatic heterocycles. The maximum absolute atomic E-state index is 10.6. The van der Waals surface area contributed by atoms with Gasteiger partial charge in [-0.1, -0.05) is 18.2 Å². The maximum atomic E-state index is 10.6. The van der Waals surface area contributed by atoms with Crippen LogP contribution in [0.1, 0.15) is 11.1 Å². The molecule has 0 aliphatic heterocycles. The van der Waals surface area contributed by atoms with E-state index in [0.29, 0.717) is 18.0 Å². The van der Waals surface area contributed by atoms with Crippen LogP contribution in [-0.4, -0.2) is 38.1 Å². The summed E-state index contributed by atoms with van der Waals surface area (Å²) < 4.78 is 15.6. The van der Waals surface area contributed by atoms with Crippen molar-refractivity contribution in [3.63, 3.8) is 0 Å². The fraction of sp³-hybridized carbons (Fsp3) is 0.222. The lowest BCUT2D eigenvalue weighted by atomic mass is 10.2. The summed E-state index contributed by atoms with van der Waals surface area (Å²) in [4.78, 5) is 10.6. The highest BCUT2D eigenvalue weighted by atomic mass is 16.5. The minimum absolute atomic E-state index is 0.365. The number of para-hydroxylation sites is 1. The highest BCUT2D eigenvalue weighted by molar-refractivity contribution is 5.80. The Balaban J connectivity index is 1.97. The molecule has 0 heterocycles. The van der Waals surface area contributed by atoms with Crippen LogP contribution >= 0.6 is 0 Å². The van der Waals surface area contributed by atoms with Crippen molar-refractivity contribution in [1.82, 2.24) is 5.43 Å². The van der Waals surface area contributed by atoms with Crippen LogP contribution < -0.4 is 19.6 Å². The van der Waals surface area contributed by atoms with Gasteiger partial charge in [0.2, 0.25) is 0 Å². The number of aliphatic carboxylic acids is 1. The van der Waals surface area contributed by atoms with E-state index in [9.17, 15) is 4.79 Å². The average molecular weight is 344 g/mol. The number of ether oxygens (including phenoxy) is 3. The van der Waals surface area contributed by atoms with E-state index in [2.05, 4.69) is 10.5 Å². The van der Waals surface area contributed by atoms with Crippen LogP contribution in [0.4, 0.5) is 0 Å². The van der Waals surface area contributed by atoms with Gasteiger partial charge in [-0.25, -0.2) is 4.79 Å². The number of carboxylic acid groups (broad SMARTS) is 1. The average Bonchev–Trinajstić information content (AvgIpc) is 2.64. The number of hydrogen-bond acceptors (Lipinski definition) is 6. The third-order valence-corrected chi connectivity index (χ3v) is 3.31. The van der Waals surface area contributed by atoms with Crippen LogP contribution in [0.25, 0.3) is 0 Å². The molecule has 2 aromatic carbocycles. The number of rotatable bonds is 9. The molecule has 0 aliphatic carbocycles. The molecule has 2 rings (SSSR count). The summed E-state index contributed by atoms with van der Waals surface area (Å²) >= 11 is 0. The van der Waals surface area contributed by atoms with E-state index in [4.69, 9.17) is 19.3 Å². The van der Waals surface area contributed by atoms with Crippen molar-refractivity contribution in [2.75, 3.05) is 20.8 Å². The van der Waals surface area contributed by atoms with Gasteiger partial charge in [0.05, 0.1) is 27.0 Å². The van der Waals surface area contributed by atoms with Gasteiger partial charge in [-0.05, 0) is 29.8 Å². The Hall–Kier alpha value is -3.22. The lowest BCUT2D eigenvalue weighted by Gasteiger charge is -2.09. The van der Waals surface area contributed by atoms with E-state index in [-0.39, 0.29) is 0 Å². The Kier molecular flexibility index (Phi) is 6.65. The van der Waals surface area contributed by atoms with Gasteiger partial charge < -0.3 is 24.7 Å². The molecule has 0 saturated heterocycles. The quantitative estimate of drug-likeness (QED) is 0.536. The Morgan fingerprint density at radius 3 is 2.60 bits per heavy atom. The molecule has 0 radical (unpaired) electrons. The molecule has 2 aromatic rings. The number of nitrogens with one attached hydrogen (secondary N) is 1. The maximum Gasteiger partial charge on any atom is 0.341 e. The Morgan fingerprint density at radius 2 is 1.88 bits per heavy atom. The van der Waals surface area contributed by atoms with Gasteiger partial charge in [0.1, 0.15) is 5.75 Å². The van der Waals surface area contributed by atoms with Gasteiger partial charge in [-0.2, -0.15) is 5.10 Å². The lowest BCUT2D eigenvalue weighted by Crippen LogP contribution is -2.10. The van der Waals surface area contributed by atoms with Crippen LogP contribution in [0.15, 0.2) is 47.6 Å². The summed E-state index contributed by atoms with van der Waals surface area (Å²) in [6, 6.07) is 12.8. The number of hydrogen-bond donors (Lipinski definition) is 2. The van der Waals surface area contributed by atoms with Gasteiger partial charge >= 0.3 is 5.97 Å². The van der Waals surface area contributed by atoms with Crippen LogP contribution in [0.3, 0.4) is 0 Å². The van der Waals surface area contributed by atoms with Gasteiger partial charge in [0.25, 0.3) is 0 Å². The second kappa shape index (κ2) is 9.17. The molecule has 7 nitrogen and oxygen atoms in total. The van der Waals surface area contributed by atoms with Crippen molar-refractivity contribution in [2.24, 2.45) is 5.10 Å². The summed E-state index contributed by atoms with van der Waals surface area (Å²) in [5.74, 6) is 0.555. The molecule has 0 aliphatic rings. The molecule has 7 heteroatoms. The molecule has 2 N–H and O–H groups in total. The van der Waals surface area contributed by atoms with E-state index >= 15 is 0 Å². The van der Waals surface area contributed by atoms with Gasteiger partial charge in [-0.15, -0.1) is 0 Å². The van der Waals surface area contributed by atoms with E-state index in [1.165, 1.54) is 7.11 Å². The third kappa shape index (κ3) is 5.42. The lowest BCUT2D eigenvalue weighted by molar-refractivity contribution is -0.139. The van der Waals surface area contributed by atoms with Crippen LogP contribution in [-0.2, 0) is 11.3 Å². The molecule has 0 bridgehead atoms. The Labute approximate surface area is 145 Å². The molecular formula is C18H20N2O5. The molecule has 0 fully saturated rings. The van der Waals surface area contributed by atoms with Crippen LogP contribution in [0.2, 0.25) is 0 Å². The molecule has 0 saturated carbocycles. The smallest absolute Gasteiger partial charge is 0.341 e. The van der Waals surface area contributed by atoms with Crippen molar-refractivity contribution in [1.29, 1.82) is 0 Å². The van der Waals surface area contributed by atoms with Crippen LogP contribution in [0, 0.1) is 0 Å². The zero-order valence-corrected chi connectivity index (χ0v) is 14.1. The molecule has 0 amide bonds. The third-order valence-electron chi connectivity index (χ3n) is 3.31. The first-order chi connectivity index (χ1) is 12.1.